The summed E-state index contributed by atoms with van der Waals surface area (Å²) in [7, 11) is 0. The van der Waals surface area contributed by atoms with Crippen LogP contribution in [0.1, 0.15) is 0 Å². The number of carboxylic acid groups (broad SMARTS) is 2. The normalized spacial score (nSPS) is 17.3. The average molecular weight is 230 g/mol. The lowest BCUT2D eigenvalue weighted by molar-refractivity contribution is -0.159. The van der Waals surface area contributed by atoms with Crippen molar-refractivity contribution in [1.29, 1.82) is 0 Å². The van der Waals surface area contributed by atoms with Gasteiger partial charge in [-0.2, -0.15) is 0 Å². The lowest BCUT2D eigenvalue weighted by Crippen LogP contribution is -2.21. The molecular formula is C8H10N2O4S. The minimum atomic E-state index is -1.82. The number of amidine groups is 1. The molecule has 0 amide bonds. The molecule has 7 heteroatoms. The Bertz CT molecular complexity index is 315. The van der Waals surface area contributed by atoms with Crippen molar-refractivity contribution >= 4 is 28.9 Å². The molecule has 0 aromatic carbocycles. The second kappa shape index (κ2) is 5.40. The van der Waals surface area contributed by atoms with Gasteiger partial charge in [-0.25, -0.2) is 9.59 Å². The summed E-state index contributed by atoms with van der Waals surface area (Å²) in [5.41, 5.74) is 0. The van der Waals surface area contributed by atoms with Crippen LogP contribution in [0.5, 0.6) is 0 Å². The number of carboxylic acids is 2. The van der Waals surface area contributed by atoms with Gasteiger partial charge in [-0.3, -0.25) is 4.99 Å². The van der Waals surface area contributed by atoms with E-state index < -0.39 is 11.9 Å². The van der Waals surface area contributed by atoms with Gasteiger partial charge in [0.05, 0.1) is 6.54 Å². The number of aliphatic carboxylic acids is 2. The van der Waals surface area contributed by atoms with E-state index in [1.54, 1.807) is 0 Å². The van der Waals surface area contributed by atoms with Crippen LogP contribution in [0.25, 0.3) is 0 Å². The summed E-state index contributed by atoms with van der Waals surface area (Å²) in [4.78, 5) is 24.7. The Morgan fingerprint density at radius 3 is 2.60 bits per heavy atom. The fourth-order valence-corrected chi connectivity index (χ4v) is 1.83. The zero-order valence-corrected chi connectivity index (χ0v) is 8.61. The molecule has 2 heterocycles. The maximum atomic E-state index is 9.10. The molecule has 2 N–H and O–H groups in total. The van der Waals surface area contributed by atoms with Crippen LogP contribution in [0.15, 0.2) is 17.3 Å². The molecule has 82 valence electrons. The molecule has 0 unspecified atom stereocenters. The molecule has 2 rings (SSSR count). The van der Waals surface area contributed by atoms with E-state index >= 15 is 0 Å². The van der Waals surface area contributed by atoms with E-state index in [2.05, 4.69) is 22.2 Å². The lowest BCUT2D eigenvalue weighted by atomic mass is 10.6. The molecule has 15 heavy (non-hydrogen) atoms. The second-order valence-electron chi connectivity index (χ2n) is 2.66. The Labute approximate surface area is 90.3 Å². The van der Waals surface area contributed by atoms with Gasteiger partial charge < -0.3 is 15.1 Å². The Hall–Kier alpha value is -1.50. The van der Waals surface area contributed by atoms with Gasteiger partial charge in [0.25, 0.3) is 0 Å². The highest BCUT2D eigenvalue weighted by molar-refractivity contribution is 8.14. The van der Waals surface area contributed by atoms with Crippen molar-refractivity contribution in [2.75, 3.05) is 18.8 Å². The monoisotopic (exact) mass is 230 g/mol. The Kier molecular flexibility index (Phi) is 4.17. The van der Waals surface area contributed by atoms with Crippen molar-refractivity contribution in [3.8, 4) is 0 Å². The predicted octanol–water partition coefficient (Wildman–Crippen LogP) is 0.0741. The third kappa shape index (κ3) is 3.62. The molecule has 0 aromatic heterocycles. The lowest BCUT2D eigenvalue weighted by Gasteiger charge is -2.17. The number of hydrogen-bond acceptors (Lipinski definition) is 5. The van der Waals surface area contributed by atoms with Crippen molar-refractivity contribution < 1.29 is 19.8 Å². The Morgan fingerprint density at radius 2 is 2.07 bits per heavy atom. The summed E-state index contributed by atoms with van der Waals surface area (Å²) < 4.78 is 0. The van der Waals surface area contributed by atoms with Crippen LogP contribution in [0.2, 0.25) is 0 Å². The van der Waals surface area contributed by atoms with Gasteiger partial charge in [-0.1, -0.05) is 17.8 Å². The summed E-state index contributed by atoms with van der Waals surface area (Å²) >= 11 is 1.82. The first-order valence-electron chi connectivity index (χ1n) is 4.18. The third-order valence-electron chi connectivity index (χ3n) is 1.61. The molecule has 0 saturated heterocycles. The molecule has 2 aliphatic heterocycles. The number of carbonyl (C=O) groups is 2. The van der Waals surface area contributed by atoms with E-state index in [1.807, 2.05) is 11.8 Å². The number of fused-ring (bicyclic) bond motifs is 1. The van der Waals surface area contributed by atoms with Crippen molar-refractivity contribution in [1.82, 2.24) is 4.90 Å². The first-order chi connectivity index (χ1) is 7.11. The quantitative estimate of drug-likeness (QED) is 0.572. The minimum Gasteiger partial charge on any atom is -0.473 e. The average Bonchev–Trinajstić information content (AvgIpc) is 2.66. The fourth-order valence-electron chi connectivity index (χ4n) is 1.000. The van der Waals surface area contributed by atoms with E-state index in [0.717, 1.165) is 18.8 Å². The van der Waals surface area contributed by atoms with Gasteiger partial charge in [-0.05, 0) is 0 Å². The zero-order chi connectivity index (χ0) is 11.3. The molecule has 0 aliphatic carbocycles. The van der Waals surface area contributed by atoms with Crippen LogP contribution in [-0.4, -0.2) is 51.1 Å². The summed E-state index contributed by atoms with van der Waals surface area (Å²) in [6.07, 6.45) is 4.30. The molecule has 0 fully saturated rings. The fraction of sp³-hybridized carbons (Fsp3) is 0.375. The Morgan fingerprint density at radius 1 is 1.40 bits per heavy atom. The molecule has 0 spiro atoms. The summed E-state index contributed by atoms with van der Waals surface area (Å²) in [6, 6.07) is 0. The summed E-state index contributed by atoms with van der Waals surface area (Å²) in [5, 5.41) is 16.0. The van der Waals surface area contributed by atoms with E-state index in [0.29, 0.717) is 0 Å². The van der Waals surface area contributed by atoms with Gasteiger partial charge in [0, 0.05) is 18.5 Å². The van der Waals surface area contributed by atoms with Gasteiger partial charge in [0.2, 0.25) is 0 Å². The second-order valence-corrected chi connectivity index (χ2v) is 3.65. The van der Waals surface area contributed by atoms with Crippen LogP contribution < -0.4 is 0 Å². The van der Waals surface area contributed by atoms with Crippen LogP contribution in [0, 0.1) is 0 Å². The molecule has 0 saturated carbocycles. The number of thioether (sulfide) groups is 1. The maximum Gasteiger partial charge on any atom is 0.414 e. The summed E-state index contributed by atoms with van der Waals surface area (Å²) in [5.74, 6) is -2.56. The molecule has 0 aromatic rings. The van der Waals surface area contributed by atoms with Crippen molar-refractivity contribution in [3.63, 3.8) is 0 Å². The molecule has 6 nitrogen and oxygen atoms in total. The van der Waals surface area contributed by atoms with Crippen molar-refractivity contribution in [2.45, 2.75) is 0 Å². The maximum absolute atomic E-state index is 9.10. The van der Waals surface area contributed by atoms with Crippen LogP contribution in [0.4, 0.5) is 0 Å². The Balaban J connectivity index is 0.000000167. The van der Waals surface area contributed by atoms with Gasteiger partial charge in [-0.15, -0.1) is 0 Å². The SMILES string of the molecule is C1=CN2CCN=C2SC1.O=C(O)C(=O)O. The molecule has 2 aliphatic rings. The number of nitrogens with zero attached hydrogens (tertiary/aromatic N) is 2. The molecular weight excluding hydrogens is 220 g/mol. The topological polar surface area (TPSA) is 90.2 Å². The number of aliphatic imine (C=N–C) groups is 1. The van der Waals surface area contributed by atoms with E-state index in [9.17, 15) is 0 Å². The highest BCUT2D eigenvalue weighted by Crippen LogP contribution is 2.18. The van der Waals surface area contributed by atoms with Crippen LogP contribution in [-0.2, 0) is 9.59 Å². The minimum absolute atomic E-state index is 0.979. The van der Waals surface area contributed by atoms with Crippen LogP contribution >= 0.6 is 11.8 Å². The largest absolute Gasteiger partial charge is 0.473 e. The predicted molar refractivity (Wildman–Crippen MR) is 55.9 cm³/mol. The summed E-state index contributed by atoms with van der Waals surface area (Å²) in [6.45, 7) is 2.06. The molecule has 0 bridgehead atoms. The smallest absolute Gasteiger partial charge is 0.414 e. The van der Waals surface area contributed by atoms with Crippen LogP contribution in [0.3, 0.4) is 0 Å². The first kappa shape index (κ1) is 11.6. The van der Waals surface area contributed by atoms with Crippen molar-refractivity contribution in [3.05, 3.63) is 12.3 Å². The van der Waals surface area contributed by atoms with Crippen molar-refractivity contribution in [2.24, 2.45) is 4.99 Å². The number of rotatable bonds is 0. The van der Waals surface area contributed by atoms with E-state index in [-0.39, 0.29) is 0 Å². The third-order valence-corrected chi connectivity index (χ3v) is 2.59. The van der Waals surface area contributed by atoms with Gasteiger partial charge in [0.1, 0.15) is 0 Å². The van der Waals surface area contributed by atoms with Gasteiger partial charge >= 0.3 is 11.9 Å². The first-order valence-corrected chi connectivity index (χ1v) is 5.16. The molecule has 0 radical (unpaired) electrons. The zero-order valence-electron chi connectivity index (χ0n) is 7.79. The molecule has 0 atom stereocenters. The van der Waals surface area contributed by atoms with Gasteiger partial charge in [0.15, 0.2) is 5.17 Å². The highest BCUT2D eigenvalue weighted by Gasteiger charge is 2.16. The van der Waals surface area contributed by atoms with E-state index in [1.165, 1.54) is 5.17 Å². The highest BCUT2D eigenvalue weighted by atomic mass is 32.2. The van der Waals surface area contributed by atoms with E-state index in [4.69, 9.17) is 19.8 Å². The number of hydrogen-bond donors (Lipinski definition) is 2. The standard InChI is InChI=1S/C6H8N2S.C2H2O4/c1-3-8-4-2-7-6(8)9-5-1;3-1(4)2(5)6/h1,3H,2,4-5H2;(H,3,4)(H,5,6).